The Morgan fingerprint density at radius 3 is 2.03 bits per heavy atom. The number of azide groups is 1. The summed E-state index contributed by atoms with van der Waals surface area (Å²) in [4.78, 5) is 74.1. The normalized spacial score (nSPS) is 42.4. The second-order valence-corrected chi connectivity index (χ2v) is 19.0. The predicted molar refractivity (Wildman–Crippen MR) is 228 cm³/mol. The highest BCUT2D eigenvalue weighted by molar-refractivity contribution is 5.85. The summed E-state index contributed by atoms with van der Waals surface area (Å²) in [6.07, 6.45) is -8.19. The Labute approximate surface area is 377 Å². The average Bonchev–Trinajstić information content (AvgIpc) is 3.48. The molecular formula is C44H73N5O15. The number of carbonyl (C=O) groups is 5. The lowest BCUT2D eigenvalue weighted by atomic mass is 9.73. The van der Waals surface area contributed by atoms with Gasteiger partial charge in [-0.2, -0.15) is 0 Å². The molecule has 0 aliphatic carbocycles. The molecule has 20 heteroatoms. The van der Waals surface area contributed by atoms with Crippen LogP contribution in [0.15, 0.2) is 5.11 Å². The minimum absolute atomic E-state index is 0.0550. The van der Waals surface area contributed by atoms with Crippen molar-refractivity contribution in [2.24, 2.45) is 28.8 Å². The summed E-state index contributed by atoms with van der Waals surface area (Å²) >= 11 is 0. The molecule has 20 nitrogen and oxygen atoms in total. The van der Waals surface area contributed by atoms with Gasteiger partial charge in [0.2, 0.25) is 0 Å². The molecule has 0 aromatic heterocycles. The lowest BCUT2D eigenvalue weighted by Gasteiger charge is -2.50. The van der Waals surface area contributed by atoms with E-state index in [0.717, 1.165) is 0 Å². The Bertz CT molecular complexity index is 1730. The van der Waals surface area contributed by atoms with Gasteiger partial charge in [-0.05, 0) is 80.4 Å². The van der Waals surface area contributed by atoms with Crippen molar-refractivity contribution >= 4 is 29.8 Å². The van der Waals surface area contributed by atoms with Crippen LogP contribution in [0.1, 0.15) is 109 Å². The molecule has 64 heavy (non-hydrogen) atoms. The molecule has 1 amide bonds. The fourth-order valence-corrected chi connectivity index (χ4v) is 10.6. The number of hydrogen-bond donors (Lipinski definition) is 0. The van der Waals surface area contributed by atoms with E-state index in [1.54, 1.807) is 55.4 Å². The number of cyclic esters (lactones) is 1. The van der Waals surface area contributed by atoms with E-state index in [0.29, 0.717) is 6.42 Å². The molecule has 4 fully saturated rings. The van der Waals surface area contributed by atoms with Gasteiger partial charge in [0.25, 0.3) is 0 Å². The number of nitrogens with zero attached hydrogens (tertiary/aromatic N) is 5. The number of esters is 3. The molecule has 364 valence electrons. The molecule has 0 N–H and O–H groups in total. The van der Waals surface area contributed by atoms with E-state index in [4.69, 9.17) is 47.4 Å². The van der Waals surface area contributed by atoms with Crippen molar-refractivity contribution in [3.05, 3.63) is 10.4 Å². The topological polar surface area (TPSA) is 233 Å². The van der Waals surface area contributed by atoms with Crippen LogP contribution in [0.5, 0.6) is 0 Å². The van der Waals surface area contributed by atoms with Gasteiger partial charge in [0.1, 0.15) is 24.2 Å². The molecular weight excluding hydrogens is 839 g/mol. The third-order valence-electron chi connectivity index (χ3n) is 13.9. The Kier molecular flexibility index (Phi) is 17.7. The zero-order chi connectivity index (χ0) is 48.2. The second kappa shape index (κ2) is 21.3. The van der Waals surface area contributed by atoms with E-state index >= 15 is 0 Å². The number of rotatable bonds is 12. The Morgan fingerprint density at radius 1 is 0.875 bits per heavy atom. The third kappa shape index (κ3) is 11.1. The summed E-state index contributed by atoms with van der Waals surface area (Å²) in [7, 11) is 6.75. The zero-order valence-corrected chi connectivity index (χ0v) is 40.6. The standard InChI is InChI=1S/C44H73N5O15/c1-17-31-44(12)36(49(21-46-47-45)41(54)64-44)24(4)33(52)22(2)19-42(10,55-15)37(63-40-35(59-28(8)50)30(48(13)14)18-23(3)57-40)25(5)34(26(6)39(53)61-31)62-32-20-43(11,56-16)38(27(7)58-32)60-29(9)51/h22-27,30-32,34-38,40H,17-21H2,1-16H3/t22-,23?,24+,25?,26?,27?,30?,31?,32?,34+,35?,36-,37-,38?,40?,42+,43?,44-/m1/s1. The predicted octanol–water partition coefficient (Wildman–Crippen LogP) is 5.32. The minimum Gasteiger partial charge on any atom is -0.458 e. The minimum atomic E-state index is -1.57. The van der Waals surface area contributed by atoms with Crippen molar-refractivity contribution in [2.75, 3.05) is 35.0 Å². The summed E-state index contributed by atoms with van der Waals surface area (Å²) in [5.74, 6) is -5.62. The Morgan fingerprint density at radius 2 is 1.48 bits per heavy atom. The van der Waals surface area contributed by atoms with Crippen LogP contribution in [0.2, 0.25) is 0 Å². The molecule has 4 heterocycles. The molecule has 0 saturated carbocycles. The molecule has 0 aromatic rings. The number of carbonyl (C=O) groups excluding carboxylic acids is 5. The first-order chi connectivity index (χ1) is 29.8. The molecule has 0 bridgehead atoms. The van der Waals surface area contributed by atoms with Crippen LogP contribution < -0.4 is 0 Å². The number of likely N-dealkylation sites (N-methyl/N-ethyl adjacent to an activating group) is 1. The maximum Gasteiger partial charge on any atom is 0.411 e. The van der Waals surface area contributed by atoms with Gasteiger partial charge in [0, 0.05) is 57.2 Å². The molecule has 18 atom stereocenters. The fraction of sp³-hybridized carbons (Fsp3) is 0.886. The highest BCUT2D eigenvalue weighted by Gasteiger charge is 2.61. The van der Waals surface area contributed by atoms with Crippen molar-refractivity contribution in [1.82, 2.24) is 9.80 Å². The SMILES string of the molecule is CCC1OC(=O)C(C)[C@@H](OC2CC(C)(OC)C(OC(C)=O)C(C)O2)C(C)[C@@H](OC2OC(C)CC(N(C)C)C2OC(C)=O)[C@@](C)(OC)C[C@@H](C)C(=O)[C@H](C)[C@H]2N(CN=[N+]=[N-])C(=O)O[C@]12C. The summed E-state index contributed by atoms with van der Waals surface area (Å²) in [6.45, 7) is 19.7. The number of fused-ring (bicyclic) bond motifs is 1. The van der Waals surface area contributed by atoms with Crippen LogP contribution >= 0.6 is 0 Å². The quantitative estimate of drug-likeness (QED) is 0.0793. The maximum atomic E-state index is 14.8. The largest absolute Gasteiger partial charge is 0.458 e. The highest BCUT2D eigenvalue weighted by atomic mass is 16.7. The summed E-state index contributed by atoms with van der Waals surface area (Å²) < 4.78 is 63.3. The second-order valence-electron chi connectivity index (χ2n) is 19.0. The number of ether oxygens (including phenoxy) is 10. The number of methoxy groups -OCH3 is 2. The molecule has 0 spiro atoms. The summed E-state index contributed by atoms with van der Waals surface area (Å²) in [6, 6.07) is -1.34. The first kappa shape index (κ1) is 53.0. The van der Waals surface area contributed by atoms with Gasteiger partial charge in [-0.25, -0.2) is 4.79 Å². The van der Waals surface area contributed by atoms with E-state index in [9.17, 15) is 29.5 Å². The van der Waals surface area contributed by atoms with Crippen molar-refractivity contribution in [2.45, 2.75) is 193 Å². The van der Waals surface area contributed by atoms with Gasteiger partial charge in [0.15, 0.2) is 30.4 Å². The van der Waals surface area contributed by atoms with Crippen LogP contribution in [0.25, 0.3) is 10.4 Å². The Hall–Kier alpha value is -3.62. The van der Waals surface area contributed by atoms with Crippen LogP contribution in [-0.2, 0) is 66.5 Å². The first-order valence-electron chi connectivity index (χ1n) is 22.3. The van der Waals surface area contributed by atoms with Gasteiger partial charge in [-0.1, -0.05) is 32.8 Å². The van der Waals surface area contributed by atoms with Gasteiger partial charge in [-0.15, -0.1) is 0 Å². The lowest BCUT2D eigenvalue weighted by Crippen LogP contribution is -2.62. The zero-order valence-electron chi connectivity index (χ0n) is 40.6. The van der Waals surface area contributed by atoms with E-state index in [1.165, 1.54) is 33.0 Å². The first-order valence-corrected chi connectivity index (χ1v) is 22.3. The lowest BCUT2D eigenvalue weighted by molar-refractivity contribution is -0.320. The third-order valence-corrected chi connectivity index (χ3v) is 13.9. The smallest absolute Gasteiger partial charge is 0.411 e. The van der Waals surface area contributed by atoms with Crippen molar-refractivity contribution in [3.63, 3.8) is 0 Å². The van der Waals surface area contributed by atoms with Gasteiger partial charge < -0.3 is 52.3 Å². The van der Waals surface area contributed by atoms with E-state index in [2.05, 4.69) is 10.0 Å². The number of amides is 1. The van der Waals surface area contributed by atoms with Crippen LogP contribution in [0, 0.1) is 23.7 Å². The van der Waals surface area contributed by atoms with Crippen LogP contribution in [-0.4, -0.2) is 159 Å². The Balaban J connectivity index is 1.95. The van der Waals surface area contributed by atoms with Crippen molar-refractivity contribution in [3.8, 4) is 0 Å². The molecule has 0 aromatic carbocycles. The summed E-state index contributed by atoms with van der Waals surface area (Å²) in [5.41, 5.74) is 5.24. The van der Waals surface area contributed by atoms with Crippen LogP contribution in [0.3, 0.4) is 0 Å². The molecule has 4 aliphatic rings. The van der Waals surface area contributed by atoms with Gasteiger partial charge in [0.05, 0.1) is 48.0 Å². The maximum absolute atomic E-state index is 14.8. The van der Waals surface area contributed by atoms with E-state index < -0.39 is 126 Å². The molecule has 4 aliphatic heterocycles. The number of Topliss-reactive ketones (excluding diaryl/α,β-unsaturated/α-hetero) is 1. The number of ketones is 1. The van der Waals surface area contributed by atoms with E-state index in [1.807, 2.05) is 32.8 Å². The average molecular weight is 912 g/mol. The van der Waals surface area contributed by atoms with Gasteiger partial charge in [-0.3, -0.25) is 24.1 Å². The fourth-order valence-electron chi connectivity index (χ4n) is 10.6. The summed E-state index contributed by atoms with van der Waals surface area (Å²) in [5, 5.41) is 3.64. The van der Waals surface area contributed by atoms with Crippen LogP contribution in [0.4, 0.5) is 4.79 Å². The molecule has 4 rings (SSSR count). The molecule has 4 saturated heterocycles. The highest BCUT2D eigenvalue weighted by Crippen LogP contribution is 2.45. The van der Waals surface area contributed by atoms with Crippen molar-refractivity contribution < 1.29 is 71.3 Å². The van der Waals surface area contributed by atoms with Crippen molar-refractivity contribution in [1.29, 1.82) is 0 Å². The monoisotopic (exact) mass is 912 g/mol. The molecule has 11 unspecified atom stereocenters. The molecule has 0 radical (unpaired) electrons. The van der Waals surface area contributed by atoms with Gasteiger partial charge >= 0.3 is 24.0 Å². The van der Waals surface area contributed by atoms with E-state index in [-0.39, 0.29) is 37.2 Å². The number of hydrogen-bond acceptors (Lipinski definition) is 17.